The number of hydrogen-bond acceptors (Lipinski definition) is 1. The summed E-state index contributed by atoms with van der Waals surface area (Å²) in [7, 11) is 0. The van der Waals surface area contributed by atoms with Gasteiger partial charge in [-0.05, 0) is 54.7 Å². The number of ether oxygens (including phenoxy) is 1. The van der Waals surface area contributed by atoms with E-state index in [4.69, 9.17) is 4.74 Å². The second kappa shape index (κ2) is 13.2. The van der Waals surface area contributed by atoms with Gasteiger partial charge in [0.25, 0.3) is 0 Å². The van der Waals surface area contributed by atoms with Crippen molar-refractivity contribution in [3.63, 3.8) is 0 Å². The van der Waals surface area contributed by atoms with Crippen LogP contribution in [0.3, 0.4) is 0 Å². The monoisotopic (exact) mass is 524 g/mol. The summed E-state index contributed by atoms with van der Waals surface area (Å²) in [5, 5.41) is 0. The maximum Gasteiger partial charge on any atom is 0.167 e. The second-order valence-corrected chi connectivity index (χ2v) is 10.2. The van der Waals surface area contributed by atoms with Crippen LogP contribution in [0.15, 0.2) is 60.7 Å². The first-order valence-corrected chi connectivity index (χ1v) is 13.8. The molecule has 0 N–H and O–H groups in total. The Kier molecular flexibility index (Phi) is 9.79. The van der Waals surface area contributed by atoms with Gasteiger partial charge in [0.15, 0.2) is 23.3 Å². The standard InChI is InChI=1S/C33H36F4O/c1-3-5-7-9-22-11-20-29(38-21-22)28-19-18-27(32(36)33(28)37)24-14-12-23(13-15-24)26-17-16-25(10-8-6-4-2)30(34)31(26)35/h6,8,12-19,22,29H,3-5,7,9-11,20-21H2,1-2H3. The van der Waals surface area contributed by atoms with Gasteiger partial charge in [-0.1, -0.05) is 93.8 Å². The molecule has 0 aliphatic carbocycles. The van der Waals surface area contributed by atoms with Crippen LogP contribution in [-0.4, -0.2) is 6.61 Å². The van der Waals surface area contributed by atoms with E-state index in [2.05, 4.69) is 6.92 Å². The van der Waals surface area contributed by atoms with E-state index in [1.807, 2.05) is 19.1 Å². The van der Waals surface area contributed by atoms with Crippen LogP contribution in [-0.2, 0) is 11.2 Å². The molecule has 0 radical (unpaired) electrons. The molecule has 1 aliphatic heterocycles. The summed E-state index contributed by atoms with van der Waals surface area (Å²) < 4.78 is 65.6. The van der Waals surface area contributed by atoms with Crippen LogP contribution in [0.2, 0.25) is 0 Å². The van der Waals surface area contributed by atoms with E-state index < -0.39 is 29.4 Å². The number of hydrogen-bond donors (Lipinski definition) is 0. The first kappa shape index (κ1) is 28.1. The molecule has 3 aromatic carbocycles. The Morgan fingerprint density at radius 3 is 2.00 bits per heavy atom. The number of halogens is 4. The van der Waals surface area contributed by atoms with Gasteiger partial charge in [-0.2, -0.15) is 0 Å². The molecule has 0 spiro atoms. The fourth-order valence-corrected chi connectivity index (χ4v) is 5.17. The normalized spacial score (nSPS) is 17.8. The van der Waals surface area contributed by atoms with E-state index in [0.29, 0.717) is 42.1 Å². The summed E-state index contributed by atoms with van der Waals surface area (Å²) in [6.07, 6.45) is 10.7. The highest BCUT2D eigenvalue weighted by atomic mass is 19.2. The van der Waals surface area contributed by atoms with Gasteiger partial charge in [-0.25, -0.2) is 17.6 Å². The Hall–Kier alpha value is -2.92. The molecule has 1 heterocycles. The van der Waals surface area contributed by atoms with Crippen molar-refractivity contribution in [1.29, 1.82) is 0 Å². The maximum absolute atomic E-state index is 15.2. The SMILES string of the molecule is CCC=CCc1ccc(-c2ccc(-c3ccc(C4CCC(CCCCC)CO4)c(F)c3F)cc2)c(F)c1F. The highest BCUT2D eigenvalue weighted by Crippen LogP contribution is 2.37. The lowest BCUT2D eigenvalue weighted by Crippen LogP contribution is -2.21. The molecular weight excluding hydrogens is 488 g/mol. The molecule has 38 heavy (non-hydrogen) atoms. The zero-order valence-corrected chi connectivity index (χ0v) is 22.2. The van der Waals surface area contributed by atoms with Gasteiger partial charge in [0, 0.05) is 16.7 Å². The van der Waals surface area contributed by atoms with Crippen molar-refractivity contribution in [2.45, 2.75) is 71.3 Å². The Balaban J connectivity index is 1.48. The topological polar surface area (TPSA) is 9.23 Å². The van der Waals surface area contributed by atoms with Crippen LogP contribution in [0, 0.1) is 29.2 Å². The predicted octanol–water partition coefficient (Wildman–Crippen LogP) is 10.1. The van der Waals surface area contributed by atoms with Gasteiger partial charge >= 0.3 is 0 Å². The summed E-state index contributed by atoms with van der Waals surface area (Å²) >= 11 is 0. The number of unbranched alkanes of at least 4 members (excludes halogenated alkanes) is 2. The van der Waals surface area contributed by atoms with Crippen LogP contribution >= 0.6 is 0 Å². The smallest absolute Gasteiger partial charge is 0.167 e. The largest absolute Gasteiger partial charge is 0.373 e. The van der Waals surface area contributed by atoms with Crippen LogP contribution < -0.4 is 0 Å². The van der Waals surface area contributed by atoms with Gasteiger partial charge in [0.2, 0.25) is 0 Å². The molecule has 2 atom stereocenters. The van der Waals surface area contributed by atoms with Gasteiger partial charge < -0.3 is 4.74 Å². The maximum atomic E-state index is 15.2. The van der Waals surface area contributed by atoms with E-state index in [1.165, 1.54) is 19.3 Å². The molecule has 2 unspecified atom stereocenters. The third-order valence-corrected chi connectivity index (χ3v) is 7.45. The lowest BCUT2D eigenvalue weighted by molar-refractivity contribution is -0.0218. The van der Waals surface area contributed by atoms with E-state index >= 15 is 8.78 Å². The minimum absolute atomic E-state index is 0.121. The summed E-state index contributed by atoms with van der Waals surface area (Å²) in [5.41, 5.74) is 1.71. The predicted molar refractivity (Wildman–Crippen MR) is 146 cm³/mol. The zero-order chi connectivity index (χ0) is 27.1. The minimum atomic E-state index is -0.925. The molecular formula is C33H36F4O. The number of rotatable bonds is 10. The van der Waals surface area contributed by atoms with Crippen molar-refractivity contribution in [3.8, 4) is 22.3 Å². The fourth-order valence-electron chi connectivity index (χ4n) is 5.17. The summed E-state index contributed by atoms with van der Waals surface area (Å²) in [6.45, 7) is 4.73. The zero-order valence-electron chi connectivity index (χ0n) is 22.2. The first-order chi connectivity index (χ1) is 18.4. The minimum Gasteiger partial charge on any atom is -0.373 e. The molecule has 1 aliphatic rings. The van der Waals surface area contributed by atoms with Crippen molar-refractivity contribution in [3.05, 3.63) is 95.1 Å². The molecule has 4 rings (SSSR count). The second-order valence-electron chi connectivity index (χ2n) is 10.2. The van der Waals surface area contributed by atoms with E-state index in [0.717, 1.165) is 19.3 Å². The highest BCUT2D eigenvalue weighted by Gasteiger charge is 2.27. The van der Waals surface area contributed by atoms with Gasteiger partial charge in [0.05, 0.1) is 12.7 Å². The van der Waals surface area contributed by atoms with Gasteiger partial charge in [-0.15, -0.1) is 0 Å². The fraction of sp³-hybridized carbons (Fsp3) is 0.394. The summed E-state index contributed by atoms with van der Waals surface area (Å²) in [6, 6.07) is 12.7. The van der Waals surface area contributed by atoms with Crippen LogP contribution in [0.5, 0.6) is 0 Å². The summed E-state index contributed by atoms with van der Waals surface area (Å²) in [4.78, 5) is 0. The van der Waals surface area contributed by atoms with Crippen molar-refractivity contribution in [1.82, 2.24) is 0 Å². The van der Waals surface area contributed by atoms with Crippen molar-refractivity contribution in [2.75, 3.05) is 6.61 Å². The Bertz CT molecular complexity index is 1240. The highest BCUT2D eigenvalue weighted by molar-refractivity contribution is 5.71. The molecule has 1 nitrogen and oxygen atoms in total. The van der Waals surface area contributed by atoms with Crippen LogP contribution in [0.25, 0.3) is 22.3 Å². The van der Waals surface area contributed by atoms with E-state index in [1.54, 1.807) is 48.5 Å². The molecule has 1 fully saturated rings. The molecule has 0 amide bonds. The average Bonchev–Trinajstić information content (AvgIpc) is 2.94. The number of allylic oxidation sites excluding steroid dienone is 2. The Morgan fingerprint density at radius 1 is 0.737 bits per heavy atom. The van der Waals surface area contributed by atoms with Gasteiger partial charge in [0.1, 0.15) is 0 Å². The van der Waals surface area contributed by atoms with Crippen molar-refractivity contribution >= 4 is 0 Å². The van der Waals surface area contributed by atoms with Crippen molar-refractivity contribution in [2.24, 2.45) is 5.92 Å². The third-order valence-electron chi connectivity index (χ3n) is 7.45. The molecule has 202 valence electrons. The molecule has 0 saturated carbocycles. The lowest BCUT2D eigenvalue weighted by atomic mass is 9.90. The first-order valence-electron chi connectivity index (χ1n) is 13.8. The third kappa shape index (κ3) is 6.37. The van der Waals surface area contributed by atoms with Gasteiger partial charge in [-0.3, -0.25) is 0 Å². The molecule has 5 heteroatoms. The Labute approximate surface area is 223 Å². The molecule has 0 bridgehead atoms. The quantitative estimate of drug-likeness (QED) is 0.146. The average molecular weight is 525 g/mol. The summed E-state index contributed by atoms with van der Waals surface area (Å²) in [5.74, 6) is -3.11. The Morgan fingerprint density at radius 2 is 1.39 bits per heavy atom. The number of benzene rings is 3. The lowest BCUT2D eigenvalue weighted by Gasteiger charge is -2.29. The molecule has 3 aromatic rings. The van der Waals surface area contributed by atoms with Crippen molar-refractivity contribution < 1.29 is 22.3 Å². The molecule has 1 saturated heterocycles. The van der Waals surface area contributed by atoms with Crippen LogP contribution in [0.1, 0.15) is 76.0 Å². The van der Waals surface area contributed by atoms with E-state index in [9.17, 15) is 8.78 Å². The van der Waals surface area contributed by atoms with E-state index in [-0.39, 0.29) is 16.7 Å². The van der Waals surface area contributed by atoms with Crippen LogP contribution in [0.4, 0.5) is 17.6 Å². The molecule has 0 aromatic heterocycles.